The van der Waals surface area contributed by atoms with Crippen LogP contribution in [0.25, 0.3) is 73.1 Å². The van der Waals surface area contributed by atoms with Crippen LogP contribution in [0.4, 0.5) is 17.1 Å². The molecule has 0 fully saturated rings. The van der Waals surface area contributed by atoms with Gasteiger partial charge in [-0.15, -0.1) is 22.7 Å². The minimum absolute atomic E-state index is 0.874. The van der Waals surface area contributed by atoms with Crippen molar-refractivity contribution >= 4 is 113 Å². The third kappa shape index (κ3) is 3.51. The highest BCUT2D eigenvalue weighted by molar-refractivity contribution is 7.26. The van der Waals surface area contributed by atoms with Gasteiger partial charge >= 0.3 is 0 Å². The molecular formula is C39H22N2OS2. The van der Waals surface area contributed by atoms with E-state index in [2.05, 4.69) is 114 Å². The number of para-hydroxylation sites is 1. The largest absolute Gasteiger partial charge is 0.456 e. The van der Waals surface area contributed by atoms with Crippen LogP contribution in [-0.4, -0.2) is 4.98 Å². The number of benzene rings is 6. The van der Waals surface area contributed by atoms with E-state index in [9.17, 15) is 0 Å². The Kier molecular flexibility index (Phi) is 5.03. The van der Waals surface area contributed by atoms with E-state index in [1.165, 1.54) is 51.1 Å². The average molecular weight is 599 g/mol. The van der Waals surface area contributed by atoms with Crippen LogP contribution in [-0.2, 0) is 0 Å². The highest BCUT2D eigenvalue weighted by Crippen LogP contribution is 2.47. The second-order valence-corrected chi connectivity index (χ2v) is 13.4. The standard InChI is InChI=1S/C39H22N2OS2/c1-2-8-24-18-38-30(17-23(24)7-1)32-21-40-22-33(39(32)44-38)41(25-14-16-37-31(19-25)29-10-4-6-12-36(29)43-37)26-13-15-28-27-9-3-5-11-34(27)42-35(28)20-26/h1-22H. The first-order valence-electron chi connectivity index (χ1n) is 14.6. The molecule has 0 atom stereocenters. The molecule has 0 saturated carbocycles. The molecule has 0 amide bonds. The molecule has 4 heterocycles. The van der Waals surface area contributed by atoms with E-state index >= 15 is 0 Å². The maximum atomic E-state index is 6.37. The summed E-state index contributed by atoms with van der Waals surface area (Å²) in [6.45, 7) is 0. The molecule has 0 bridgehead atoms. The first kappa shape index (κ1) is 24.2. The van der Waals surface area contributed by atoms with Crippen LogP contribution in [0.3, 0.4) is 0 Å². The Hall–Kier alpha value is -5.23. The van der Waals surface area contributed by atoms with Crippen molar-refractivity contribution in [3.05, 3.63) is 134 Å². The van der Waals surface area contributed by atoms with E-state index in [0.717, 1.165) is 39.0 Å². The third-order valence-electron chi connectivity index (χ3n) is 8.71. The monoisotopic (exact) mass is 598 g/mol. The molecular weight excluding hydrogens is 577 g/mol. The number of fused-ring (bicyclic) bond motifs is 10. The number of nitrogens with zero attached hydrogens (tertiary/aromatic N) is 2. The van der Waals surface area contributed by atoms with E-state index in [1.54, 1.807) is 0 Å². The van der Waals surface area contributed by atoms with E-state index in [0.29, 0.717) is 0 Å². The number of anilines is 3. The lowest BCUT2D eigenvalue weighted by Gasteiger charge is -2.25. The molecule has 206 valence electrons. The van der Waals surface area contributed by atoms with Crippen LogP contribution >= 0.6 is 22.7 Å². The van der Waals surface area contributed by atoms with Crippen molar-refractivity contribution in [1.82, 2.24) is 4.98 Å². The summed E-state index contributed by atoms with van der Waals surface area (Å²) in [6.07, 6.45) is 4.03. The molecule has 6 aromatic carbocycles. The van der Waals surface area contributed by atoms with Crippen molar-refractivity contribution in [2.75, 3.05) is 4.90 Å². The van der Waals surface area contributed by atoms with Gasteiger partial charge in [-0.1, -0.05) is 60.7 Å². The summed E-state index contributed by atoms with van der Waals surface area (Å²) in [7, 11) is 0. The van der Waals surface area contributed by atoms with Crippen molar-refractivity contribution in [2.24, 2.45) is 0 Å². The fraction of sp³-hybridized carbons (Fsp3) is 0. The minimum Gasteiger partial charge on any atom is -0.456 e. The van der Waals surface area contributed by atoms with Gasteiger partial charge in [-0.2, -0.15) is 0 Å². The number of hydrogen-bond donors (Lipinski definition) is 0. The first-order valence-corrected chi connectivity index (χ1v) is 16.2. The molecule has 0 unspecified atom stereocenters. The molecule has 0 spiro atoms. The molecule has 5 heteroatoms. The minimum atomic E-state index is 0.874. The highest BCUT2D eigenvalue weighted by atomic mass is 32.1. The molecule has 0 saturated heterocycles. The second-order valence-electron chi connectivity index (χ2n) is 11.2. The Labute approximate surface area is 259 Å². The maximum Gasteiger partial charge on any atom is 0.137 e. The van der Waals surface area contributed by atoms with E-state index in [1.807, 2.05) is 47.2 Å². The van der Waals surface area contributed by atoms with E-state index in [4.69, 9.17) is 9.40 Å². The van der Waals surface area contributed by atoms with E-state index < -0.39 is 0 Å². The summed E-state index contributed by atoms with van der Waals surface area (Å²) in [6, 6.07) is 43.5. The molecule has 0 aliphatic heterocycles. The van der Waals surface area contributed by atoms with Crippen molar-refractivity contribution in [1.29, 1.82) is 0 Å². The fourth-order valence-electron chi connectivity index (χ4n) is 6.65. The van der Waals surface area contributed by atoms with Crippen LogP contribution in [0.2, 0.25) is 0 Å². The molecule has 44 heavy (non-hydrogen) atoms. The van der Waals surface area contributed by atoms with Gasteiger partial charge in [0.25, 0.3) is 0 Å². The maximum absolute atomic E-state index is 6.37. The zero-order valence-electron chi connectivity index (χ0n) is 23.3. The topological polar surface area (TPSA) is 29.3 Å². The Bertz CT molecular complexity index is 2750. The van der Waals surface area contributed by atoms with Crippen LogP contribution < -0.4 is 4.90 Å². The van der Waals surface area contributed by atoms with Crippen molar-refractivity contribution < 1.29 is 4.42 Å². The Balaban J connectivity index is 1.27. The number of hydrogen-bond acceptors (Lipinski definition) is 5. The van der Waals surface area contributed by atoms with Crippen LogP contribution in [0.15, 0.2) is 138 Å². The van der Waals surface area contributed by atoms with Gasteiger partial charge in [0.05, 0.1) is 16.6 Å². The van der Waals surface area contributed by atoms with Gasteiger partial charge in [0.15, 0.2) is 0 Å². The molecule has 10 aromatic rings. The van der Waals surface area contributed by atoms with Gasteiger partial charge in [0, 0.05) is 70.1 Å². The molecule has 10 rings (SSSR count). The van der Waals surface area contributed by atoms with Gasteiger partial charge in [-0.05, 0) is 65.4 Å². The summed E-state index contributed by atoms with van der Waals surface area (Å²) in [5, 5.41) is 9.71. The zero-order chi connectivity index (χ0) is 28.8. The molecule has 0 aliphatic rings. The Morgan fingerprint density at radius 3 is 2.11 bits per heavy atom. The van der Waals surface area contributed by atoms with Crippen molar-refractivity contribution in [2.45, 2.75) is 0 Å². The lowest BCUT2D eigenvalue weighted by atomic mass is 10.1. The number of thiophene rings is 2. The van der Waals surface area contributed by atoms with Crippen molar-refractivity contribution in [3.63, 3.8) is 0 Å². The summed E-state index contributed by atoms with van der Waals surface area (Å²) in [4.78, 5) is 7.18. The normalized spacial score (nSPS) is 12.1. The Morgan fingerprint density at radius 2 is 1.18 bits per heavy atom. The fourth-order valence-corrected chi connectivity index (χ4v) is 8.95. The highest BCUT2D eigenvalue weighted by Gasteiger charge is 2.21. The summed E-state index contributed by atoms with van der Waals surface area (Å²) >= 11 is 3.67. The number of aromatic nitrogens is 1. The summed E-state index contributed by atoms with van der Waals surface area (Å²) in [5.74, 6) is 0. The predicted molar refractivity (Wildman–Crippen MR) is 189 cm³/mol. The lowest BCUT2D eigenvalue weighted by Crippen LogP contribution is -2.10. The van der Waals surface area contributed by atoms with E-state index in [-0.39, 0.29) is 0 Å². The predicted octanol–water partition coefficient (Wildman–Crippen LogP) is 12.3. The van der Waals surface area contributed by atoms with Crippen LogP contribution in [0, 0.1) is 0 Å². The molecule has 0 N–H and O–H groups in total. The third-order valence-corrected chi connectivity index (χ3v) is 11.1. The summed E-state index contributed by atoms with van der Waals surface area (Å²) < 4.78 is 11.4. The number of pyridine rings is 1. The molecule has 0 aliphatic carbocycles. The van der Waals surface area contributed by atoms with Gasteiger partial charge < -0.3 is 9.32 Å². The van der Waals surface area contributed by atoms with Crippen LogP contribution in [0.1, 0.15) is 0 Å². The first-order chi connectivity index (χ1) is 21.8. The zero-order valence-corrected chi connectivity index (χ0v) is 25.0. The van der Waals surface area contributed by atoms with Gasteiger partial charge in [-0.3, -0.25) is 4.98 Å². The summed E-state index contributed by atoms with van der Waals surface area (Å²) in [5.41, 5.74) is 4.96. The molecule has 4 aromatic heterocycles. The SMILES string of the molecule is c1ccc2cc3c(cc2c1)sc1c(N(c2ccc4c(c2)oc2ccccc24)c2ccc4sc5ccccc5c4c2)cncc13. The quantitative estimate of drug-likeness (QED) is 0.203. The van der Waals surface area contributed by atoms with Gasteiger partial charge in [0.2, 0.25) is 0 Å². The van der Waals surface area contributed by atoms with Crippen LogP contribution in [0.5, 0.6) is 0 Å². The number of rotatable bonds is 3. The van der Waals surface area contributed by atoms with Crippen molar-refractivity contribution in [3.8, 4) is 0 Å². The molecule has 3 nitrogen and oxygen atoms in total. The van der Waals surface area contributed by atoms with Gasteiger partial charge in [0.1, 0.15) is 11.2 Å². The second kappa shape index (κ2) is 9.13. The molecule has 0 radical (unpaired) electrons. The smallest absolute Gasteiger partial charge is 0.137 e. The average Bonchev–Trinajstić information content (AvgIpc) is 3.74. The Morgan fingerprint density at radius 1 is 0.477 bits per heavy atom. The van der Waals surface area contributed by atoms with Gasteiger partial charge in [-0.25, -0.2) is 0 Å². The lowest BCUT2D eigenvalue weighted by molar-refractivity contribution is 0.669. The number of furan rings is 1.